The number of unbranched alkanes of at least 4 members (excludes halogenated alkanes) is 2. The summed E-state index contributed by atoms with van der Waals surface area (Å²) in [6.07, 6.45) is 3.40. The van der Waals surface area contributed by atoms with Gasteiger partial charge in [0.05, 0.1) is 0 Å². The molecule has 0 amide bonds. The van der Waals surface area contributed by atoms with Crippen LogP contribution in [-0.4, -0.2) is 25.4 Å². The summed E-state index contributed by atoms with van der Waals surface area (Å²) < 4.78 is 5.04. The zero-order chi connectivity index (χ0) is 15.1. The van der Waals surface area contributed by atoms with Gasteiger partial charge in [-0.3, -0.25) is 0 Å². The Labute approximate surface area is 126 Å². The topological polar surface area (TPSA) is 41.5 Å². The average molecular weight is 287 g/mol. The maximum absolute atomic E-state index is 10.4. The predicted molar refractivity (Wildman–Crippen MR) is 87.8 cm³/mol. The van der Waals surface area contributed by atoms with Gasteiger partial charge in [0, 0.05) is 30.7 Å². The molecule has 1 unspecified atom stereocenters. The average Bonchev–Trinajstić information content (AvgIpc) is 2.51. The molecule has 0 aliphatic heterocycles. The first kappa shape index (κ1) is 15.8. The van der Waals surface area contributed by atoms with Crippen LogP contribution in [0.15, 0.2) is 36.4 Å². The number of ether oxygens (including phenoxy) is 1. The van der Waals surface area contributed by atoms with Crippen LogP contribution in [0.2, 0.25) is 0 Å². The highest BCUT2D eigenvalue weighted by Gasteiger charge is 2.12. The molecule has 2 N–H and O–H groups in total. The SMILES string of the molecule is COCCCCCNC(C)c1ccc2ccccc2c1O. The van der Waals surface area contributed by atoms with E-state index in [1.807, 2.05) is 30.3 Å². The van der Waals surface area contributed by atoms with Crippen molar-refractivity contribution in [2.45, 2.75) is 32.2 Å². The molecule has 2 aromatic carbocycles. The maximum Gasteiger partial charge on any atom is 0.128 e. The van der Waals surface area contributed by atoms with Crippen LogP contribution in [0.4, 0.5) is 0 Å². The molecule has 0 radical (unpaired) electrons. The number of hydrogen-bond donors (Lipinski definition) is 2. The van der Waals surface area contributed by atoms with Crippen molar-refractivity contribution < 1.29 is 9.84 Å². The fourth-order valence-electron chi connectivity index (χ4n) is 2.60. The molecule has 1 atom stereocenters. The first-order chi connectivity index (χ1) is 10.2. The summed E-state index contributed by atoms with van der Waals surface area (Å²) in [6.45, 7) is 3.89. The standard InChI is InChI=1S/C18H25NO2/c1-14(19-12-6-3-7-13-21-2)16-11-10-15-8-4-5-9-17(15)18(16)20/h4-5,8-11,14,19-20H,3,6-7,12-13H2,1-2H3. The third kappa shape index (κ3) is 4.19. The molecule has 0 spiro atoms. The second-order valence-electron chi connectivity index (χ2n) is 5.45. The minimum atomic E-state index is 0.150. The van der Waals surface area contributed by atoms with E-state index in [0.29, 0.717) is 5.75 Å². The lowest BCUT2D eigenvalue weighted by atomic mass is 10.0. The first-order valence-electron chi connectivity index (χ1n) is 7.67. The molecular formula is C18H25NO2. The van der Waals surface area contributed by atoms with E-state index in [4.69, 9.17) is 4.74 Å². The van der Waals surface area contributed by atoms with Gasteiger partial charge >= 0.3 is 0 Å². The van der Waals surface area contributed by atoms with Crippen LogP contribution in [0.1, 0.15) is 37.8 Å². The van der Waals surface area contributed by atoms with Crippen LogP contribution in [0.3, 0.4) is 0 Å². The van der Waals surface area contributed by atoms with Gasteiger partial charge in [-0.05, 0) is 38.1 Å². The number of fused-ring (bicyclic) bond motifs is 1. The molecule has 0 aliphatic carbocycles. The lowest BCUT2D eigenvalue weighted by molar-refractivity contribution is 0.192. The van der Waals surface area contributed by atoms with Gasteiger partial charge in [-0.1, -0.05) is 36.4 Å². The molecule has 3 heteroatoms. The Morgan fingerprint density at radius 3 is 2.71 bits per heavy atom. The first-order valence-corrected chi connectivity index (χ1v) is 7.67. The monoisotopic (exact) mass is 287 g/mol. The van der Waals surface area contributed by atoms with Gasteiger partial charge in [0.15, 0.2) is 0 Å². The van der Waals surface area contributed by atoms with E-state index in [1.165, 1.54) is 0 Å². The zero-order valence-corrected chi connectivity index (χ0v) is 12.9. The summed E-state index contributed by atoms with van der Waals surface area (Å²) in [5.74, 6) is 0.396. The Balaban J connectivity index is 1.93. The Bertz CT molecular complexity index is 568. The van der Waals surface area contributed by atoms with Gasteiger partial charge in [0.25, 0.3) is 0 Å². The van der Waals surface area contributed by atoms with E-state index in [9.17, 15) is 5.11 Å². The summed E-state index contributed by atoms with van der Waals surface area (Å²) in [4.78, 5) is 0. The van der Waals surface area contributed by atoms with E-state index in [1.54, 1.807) is 7.11 Å². The highest BCUT2D eigenvalue weighted by molar-refractivity contribution is 5.89. The molecule has 3 nitrogen and oxygen atoms in total. The van der Waals surface area contributed by atoms with E-state index >= 15 is 0 Å². The van der Waals surface area contributed by atoms with Crippen LogP contribution in [0.5, 0.6) is 5.75 Å². The molecule has 0 fully saturated rings. The van der Waals surface area contributed by atoms with E-state index in [2.05, 4.69) is 18.3 Å². The van der Waals surface area contributed by atoms with E-state index in [-0.39, 0.29) is 6.04 Å². The van der Waals surface area contributed by atoms with Crippen molar-refractivity contribution in [2.24, 2.45) is 0 Å². The fraction of sp³-hybridized carbons (Fsp3) is 0.444. The second-order valence-corrected chi connectivity index (χ2v) is 5.45. The Morgan fingerprint density at radius 2 is 1.90 bits per heavy atom. The Morgan fingerprint density at radius 1 is 1.10 bits per heavy atom. The largest absolute Gasteiger partial charge is 0.507 e. The Kier molecular flexibility index (Phi) is 6.03. The minimum absolute atomic E-state index is 0.150. The molecule has 21 heavy (non-hydrogen) atoms. The smallest absolute Gasteiger partial charge is 0.128 e. The molecule has 0 saturated heterocycles. The fourth-order valence-corrected chi connectivity index (χ4v) is 2.60. The molecule has 0 aromatic heterocycles. The van der Waals surface area contributed by atoms with Crippen LogP contribution in [0, 0.1) is 0 Å². The van der Waals surface area contributed by atoms with Crippen molar-refractivity contribution in [3.8, 4) is 5.75 Å². The van der Waals surface area contributed by atoms with Crippen molar-refractivity contribution >= 4 is 10.8 Å². The molecule has 0 bridgehead atoms. The highest BCUT2D eigenvalue weighted by Crippen LogP contribution is 2.32. The number of phenolic OH excluding ortho intramolecular Hbond substituents is 1. The number of benzene rings is 2. The van der Waals surface area contributed by atoms with Crippen molar-refractivity contribution in [3.05, 3.63) is 42.0 Å². The summed E-state index contributed by atoms with van der Waals surface area (Å²) in [5.41, 5.74) is 0.964. The number of aromatic hydroxyl groups is 1. The van der Waals surface area contributed by atoms with Crippen LogP contribution in [-0.2, 0) is 4.74 Å². The summed E-state index contributed by atoms with van der Waals surface area (Å²) in [6, 6.07) is 12.2. The number of rotatable bonds is 8. The quantitative estimate of drug-likeness (QED) is 0.721. The summed E-state index contributed by atoms with van der Waals surface area (Å²) in [7, 11) is 1.74. The minimum Gasteiger partial charge on any atom is -0.507 e. The molecule has 2 aromatic rings. The molecule has 0 saturated carbocycles. The Hall–Kier alpha value is -1.58. The summed E-state index contributed by atoms with van der Waals surface area (Å²) >= 11 is 0. The molecule has 114 valence electrons. The van der Waals surface area contributed by atoms with Crippen molar-refractivity contribution in [1.29, 1.82) is 0 Å². The third-order valence-electron chi connectivity index (χ3n) is 3.87. The van der Waals surface area contributed by atoms with Gasteiger partial charge in [-0.15, -0.1) is 0 Å². The van der Waals surface area contributed by atoms with Crippen LogP contribution >= 0.6 is 0 Å². The highest BCUT2D eigenvalue weighted by atomic mass is 16.5. The normalized spacial score (nSPS) is 12.7. The number of phenols is 1. The maximum atomic E-state index is 10.4. The van der Waals surface area contributed by atoms with Gasteiger partial charge in [-0.25, -0.2) is 0 Å². The van der Waals surface area contributed by atoms with E-state index < -0.39 is 0 Å². The summed E-state index contributed by atoms with van der Waals surface area (Å²) in [5, 5.41) is 15.9. The number of methoxy groups -OCH3 is 1. The molecule has 0 aliphatic rings. The van der Waals surface area contributed by atoms with Crippen molar-refractivity contribution in [1.82, 2.24) is 5.32 Å². The van der Waals surface area contributed by atoms with Gasteiger partial charge in [0.2, 0.25) is 0 Å². The van der Waals surface area contributed by atoms with Crippen LogP contribution in [0.25, 0.3) is 10.8 Å². The van der Waals surface area contributed by atoms with E-state index in [0.717, 1.165) is 48.8 Å². The van der Waals surface area contributed by atoms with Gasteiger partial charge in [0.1, 0.15) is 5.75 Å². The predicted octanol–water partition coefficient (Wildman–Crippen LogP) is 4.01. The van der Waals surface area contributed by atoms with Gasteiger partial charge < -0.3 is 15.2 Å². The van der Waals surface area contributed by atoms with Gasteiger partial charge in [-0.2, -0.15) is 0 Å². The molecular weight excluding hydrogens is 262 g/mol. The van der Waals surface area contributed by atoms with Crippen molar-refractivity contribution in [3.63, 3.8) is 0 Å². The zero-order valence-electron chi connectivity index (χ0n) is 12.9. The number of nitrogens with one attached hydrogen (secondary N) is 1. The second kappa shape index (κ2) is 8.01. The van der Waals surface area contributed by atoms with Crippen LogP contribution < -0.4 is 5.32 Å². The lowest BCUT2D eigenvalue weighted by Crippen LogP contribution is -2.20. The third-order valence-corrected chi connectivity index (χ3v) is 3.87. The molecule has 2 rings (SSSR count). The van der Waals surface area contributed by atoms with Crippen molar-refractivity contribution in [2.75, 3.05) is 20.3 Å². The molecule has 0 heterocycles. The number of hydrogen-bond acceptors (Lipinski definition) is 3. The lowest BCUT2D eigenvalue weighted by Gasteiger charge is -2.17.